The molecule has 1 amide bonds. The molecule has 0 aliphatic heterocycles. The van der Waals surface area contributed by atoms with E-state index >= 15 is 0 Å². The molecule has 8 nitrogen and oxygen atoms in total. The molecular weight excluding hydrogens is 358 g/mol. The second-order valence-corrected chi connectivity index (χ2v) is 5.92. The average molecular weight is 377 g/mol. The smallest absolute Gasteiger partial charge is 0.337 e. The monoisotopic (exact) mass is 377 g/mol. The second kappa shape index (κ2) is 8.72. The molecule has 0 bridgehead atoms. The highest BCUT2D eigenvalue weighted by Gasteiger charge is 2.12. The molecule has 1 aromatic carbocycles. The van der Waals surface area contributed by atoms with Crippen molar-refractivity contribution < 1.29 is 14.3 Å². The molecule has 8 heteroatoms. The fourth-order valence-corrected chi connectivity index (χ4v) is 2.44. The van der Waals surface area contributed by atoms with Crippen LogP contribution < -0.4 is 10.6 Å². The number of rotatable bonds is 6. The van der Waals surface area contributed by atoms with E-state index in [1.807, 2.05) is 18.2 Å². The van der Waals surface area contributed by atoms with E-state index in [0.717, 1.165) is 5.69 Å². The summed E-state index contributed by atoms with van der Waals surface area (Å²) in [5, 5.41) is 5.82. The van der Waals surface area contributed by atoms with Gasteiger partial charge >= 0.3 is 5.97 Å². The van der Waals surface area contributed by atoms with Gasteiger partial charge in [-0.3, -0.25) is 9.78 Å². The van der Waals surface area contributed by atoms with E-state index in [2.05, 4.69) is 30.3 Å². The van der Waals surface area contributed by atoms with Crippen molar-refractivity contribution in [2.45, 2.75) is 13.5 Å². The predicted molar refractivity (Wildman–Crippen MR) is 104 cm³/mol. The number of nitrogens with zero attached hydrogens (tertiary/aromatic N) is 3. The second-order valence-electron chi connectivity index (χ2n) is 5.92. The number of nitrogens with one attached hydrogen (secondary N) is 2. The lowest BCUT2D eigenvalue weighted by Gasteiger charge is -2.09. The number of ether oxygens (including phenoxy) is 1. The molecule has 2 aromatic heterocycles. The molecule has 0 atom stereocenters. The van der Waals surface area contributed by atoms with E-state index < -0.39 is 5.97 Å². The maximum atomic E-state index is 12.5. The zero-order chi connectivity index (χ0) is 19.9. The van der Waals surface area contributed by atoms with Gasteiger partial charge in [-0.15, -0.1) is 0 Å². The standard InChI is InChI=1S/C20H19N5O3/c1-13-11-17(25-20(23-13)22-12-16-5-3-4-10-21-16)18(26)24-15-8-6-14(7-9-15)19(27)28-2/h3-11H,12H2,1-2H3,(H,24,26)(H,22,23,25). The molecule has 0 saturated heterocycles. The summed E-state index contributed by atoms with van der Waals surface area (Å²) >= 11 is 0. The van der Waals surface area contributed by atoms with Gasteiger partial charge in [-0.05, 0) is 49.4 Å². The molecule has 28 heavy (non-hydrogen) atoms. The summed E-state index contributed by atoms with van der Waals surface area (Å²) in [5.41, 5.74) is 2.67. The lowest BCUT2D eigenvalue weighted by atomic mass is 10.2. The predicted octanol–water partition coefficient (Wildman–Crippen LogP) is 2.83. The molecule has 0 aliphatic carbocycles. The van der Waals surface area contributed by atoms with Gasteiger partial charge in [-0.25, -0.2) is 14.8 Å². The van der Waals surface area contributed by atoms with Crippen molar-refractivity contribution in [3.05, 3.63) is 77.4 Å². The Balaban J connectivity index is 1.69. The molecular formula is C20H19N5O3. The van der Waals surface area contributed by atoms with Gasteiger partial charge in [0.05, 0.1) is 24.9 Å². The summed E-state index contributed by atoms with van der Waals surface area (Å²) in [6.07, 6.45) is 1.71. The van der Waals surface area contributed by atoms with Gasteiger partial charge in [-0.2, -0.15) is 0 Å². The van der Waals surface area contributed by atoms with Crippen LogP contribution in [0.15, 0.2) is 54.7 Å². The van der Waals surface area contributed by atoms with Crippen LogP contribution in [-0.4, -0.2) is 33.9 Å². The molecule has 0 spiro atoms. The van der Waals surface area contributed by atoms with E-state index in [1.54, 1.807) is 43.5 Å². The number of amides is 1. The zero-order valence-electron chi connectivity index (χ0n) is 15.5. The Bertz CT molecular complexity index is 975. The van der Waals surface area contributed by atoms with Crippen LogP contribution in [0.5, 0.6) is 0 Å². The van der Waals surface area contributed by atoms with Crippen molar-refractivity contribution in [1.82, 2.24) is 15.0 Å². The molecule has 3 aromatic rings. The third kappa shape index (κ3) is 4.88. The Kier molecular flexibility index (Phi) is 5.91. The van der Waals surface area contributed by atoms with Gasteiger partial charge in [0.25, 0.3) is 5.91 Å². The number of carbonyl (C=O) groups is 2. The first-order chi connectivity index (χ1) is 13.5. The summed E-state index contributed by atoms with van der Waals surface area (Å²) < 4.78 is 4.65. The Hall–Kier alpha value is -3.81. The van der Waals surface area contributed by atoms with Crippen LogP contribution in [0.1, 0.15) is 32.2 Å². The molecule has 2 heterocycles. The van der Waals surface area contributed by atoms with Gasteiger partial charge in [0.1, 0.15) is 5.69 Å². The van der Waals surface area contributed by atoms with Gasteiger partial charge < -0.3 is 15.4 Å². The third-order valence-electron chi connectivity index (χ3n) is 3.80. The van der Waals surface area contributed by atoms with Crippen molar-refractivity contribution in [2.24, 2.45) is 0 Å². The highest BCUT2D eigenvalue weighted by atomic mass is 16.5. The minimum Gasteiger partial charge on any atom is -0.465 e. The average Bonchev–Trinajstić information content (AvgIpc) is 2.72. The summed E-state index contributed by atoms with van der Waals surface area (Å²) in [5.74, 6) is -0.470. The number of methoxy groups -OCH3 is 1. The maximum absolute atomic E-state index is 12.5. The Morgan fingerprint density at radius 2 is 1.86 bits per heavy atom. The Labute approximate surface area is 162 Å². The lowest BCUT2D eigenvalue weighted by Crippen LogP contribution is -2.16. The van der Waals surface area contributed by atoms with Crippen LogP contribution in [0.3, 0.4) is 0 Å². The number of pyridine rings is 1. The van der Waals surface area contributed by atoms with Crippen LogP contribution in [0.25, 0.3) is 0 Å². The molecule has 0 fully saturated rings. The number of carbonyl (C=O) groups excluding carboxylic acids is 2. The van der Waals surface area contributed by atoms with Gasteiger partial charge in [0.2, 0.25) is 5.95 Å². The number of aromatic nitrogens is 3. The molecule has 0 radical (unpaired) electrons. The van der Waals surface area contributed by atoms with Crippen LogP contribution in [-0.2, 0) is 11.3 Å². The number of hydrogen-bond donors (Lipinski definition) is 2. The number of esters is 1. The first-order valence-electron chi connectivity index (χ1n) is 8.54. The molecule has 142 valence electrons. The first-order valence-corrected chi connectivity index (χ1v) is 8.54. The maximum Gasteiger partial charge on any atom is 0.337 e. The zero-order valence-corrected chi connectivity index (χ0v) is 15.5. The van der Waals surface area contributed by atoms with E-state index in [4.69, 9.17) is 0 Å². The van der Waals surface area contributed by atoms with Crippen molar-refractivity contribution in [3.63, 3.8) is 0 Å². The third-order valence-corrected chi connectivity index (χ3v) is 3.80. The minimum atomic E-state index is -0.437. The summed E-state index contributed by atoms with van der Waals surface area (Å²) in [4.78, 5) is 36.8. The Morgan fingerprint density at radius 1 is 1.07 bits per heavy atom. The van der Waals surface area contributed by atoms with E-state index in [9.17, 15) is 9.59 Å². The summed E-state index contributed by atoms with van der Waals surface area (Å²) in [6.45, 7) is 2.23. The van der Waals surface area contributed by atoms with Crippen LogP contribution in [0, 0.1) is 6.92 Å². The van der Waals surface area contributed by atoms with Crippen molar-refractivity contribution in [1.29, 1.82) is 0 Å². The first kappa shape index (κ1) is 19.0. The SMILES string of the molecule is COC(=O)c1ccc(NC(=O)c2cc(C)nc(NCc3ccccn3)n2)cc1. The van der Waals surface area contributed by atoms with Gasteiger partial charge in [-0.1, -0.05) is 6.07 Å². The number of hydrogen-bond acceptors (Lipinski definition) is 7. The number of aryl methyl sites for hydroxylation is 1. The quantitative estimate of drug-likeness (QED) is 0.636. The number of anilines is 2. The van der Waals surface area contributed by atoms with Crippen LogP contribution in [0.2, 0.25) is 0 Å². The molecule has 2 N–H and O–H groups in total. The van der Waals surface area contributed by atoms with Crippen molar-refractivity contribution >= 4 is 23.5 Å². The van der Waals surface area contributed by atoms with E-state index in [0.29, 0.717) is 29.4 Å². The number of benzene rings is 1. The molecule has 0 unspecified atom stereocenters. The fraction of sp³-hybridized carbons (Fsp3) is 0.150. The lowest BCUT2D eigenvalue weighted by molar-refractivity contribution is 0.0600. The summed E-state index contributed by atoms with van der Waals surface area (Å²) in [6, 6.07) is 13.6. The van der Waals surface area contributed by atoms with E-state index in [1.165, 1.54) is 7.11 Å². The van der Waals surface area contributed by atoms with Crippen LogP contribution >= 0.6 is 0 Å². The molecule has 3 rings (SSSR count). The van der Waals surface area contributed by atoms with E-state index in [-0.39, 0.29) is 11.6 Å². The highest BCUT2D eigenvalue weighted by Crippen LogP contribution is 2.13. The topological polar surface area (TPSA) is 106 Å². The molecule has 0 saturated carbocycles. The van der Waals surface area contributed by atoms with Crippen molar-refractivity contribution in [3.8, 4) is 0 Å². The fourth-order valence-electron chi connectivity index (χ4n) is 2.44. The summed E-state index contributed by atoms with van der Waals surface area (Å²) in [7, 11) is 1.31. The van der Waals surface area contributed by atoms with Gasteiger partial charge in [0, 0.05) is 17.6 Å². The van der Waals surface area contributed by atoms with Crippen molar-refractivity contribution in [2.75, 3.05) is 17.7 Å². The minimum absolute atomic E-state index is 0.230. The highest BCUT2D eigenvalue weighted by molar-refractivity contribution is 6.03. The van der Waals surface area contributed by atoms with Gasteiger partial charge in [0.15, 0.2) is 0 Å². The normalized spacial score (nSPS) is 10.2. The largest absolute Gasteiger partial charge is 0.465 e. The van der Waals surface area contributed by atoms with Crippen LogP contribution in [0.4, 0.5) is 11.6 Å². The molecule has 0 aliphatic rings. The Morgan fingerprint density at radius 3 is 2.54 bits per heavy atom.